The van der Waals surface area contributed by atoms with E-state index in [0.29, 0.717) is 12.8 Å². The van der Waals surface area contributed by atoms with Crippen molar-refractivity contribution in [1.29, 1.82) is 0 Å². The van der Waals surface area contributed by atoms with Crippen molar-refractivity contribution >= 4 is 5.91 Å². The fraction of sp³-hybridized carbons (Fsp3) is 0.896. The molecule has 0 fully saturated rings. The summed E-state index contributed by atoms with van der Waals surface area (Å²) in [6, 6.07) is -0.713. The van der Waals surface area contributed by atoms with Crippen LogP contribution in [0.4, 0.5) is 0 Å². The van der Waals surface area contributed by atoms with Gasteiger partial charge < -0.3 is 20.6 Å². The number of hydrogen-bond donors (Lipinski definition) is 4. The van der Waals surface area contributed by atoms with Gasteiger partial charge in [0.05, 0.1) is 18.8 Å². The summed E-state index contributed by atoms with van der Waals surface area (Å²) in [5.74, 6) is -0.473. The maximum atomic E-state index is 12.5. The summed E-state index contributed by atoms with van der Waals surface area (Å²) in [5.41, 5.74) is 0. The van der Waals surface area contributed by atoms with Crippen LogP contribution < -0.4 is 5.32 Å². The van der Waals surface area contributed by atoms with Gasteiger partial charge in [0.25, 0.3) is 0 Å². The average Bonchev–Trinajstić information content (AvgIpc) is 3.16. The second-order valence-corrected chi connectivity index (χ2v) is 16.3. The number of carbonyl (C=O) groups excluding carboxylic acids is 1. The number of hydrogen-bond acceptors (Lipinski definition) is 4. The summed E-state index contributed by atoms with van der Waals surface area (Å²) in [4.78, 5) is 12.5. The lowest BCUT2D eigenvalue weighted by molar-refractivity contribution is -0.131. The van der Waals surface area contributed by atoms with Crippen molar-refractivity contribution in [3.63, 3.8) is 0 Å². The first kappa shape index (κ1) is 51.8. The Kier molecular flexibility index (Phi) is 42.6. The highest BCUT2D eigenvalue weighted by molar-refractivity contribution is 5.80. The van der Waals surface area contributed by atoms with E-state index >= 15 is 0 Å². The number of aliphatic hydroxyl groups excluding tert-OH is 3. The van der Waals surface area contributed by atoms with Crippen LogP contribution in [0, 0.1) is 0 Å². The molecule has 0 radical (unpaired) electrons. The summed E-state index contributed by atoms with van der Waals surface area (Å²) < 4.78 is 0. The Morgan fingerprint density at radius 1 is 0.453 bits per heavy atom. The molecule has 314 valence electrons. The summed E-state index contributed by atoms with van der Waals surface area (Å²) in [6.45, 7) is 4.24. The first-order valence-electron chi connectivity index (χ1n) is 23.6. The van der Waals surface area contributed by atoms with Crippen molar-refractivity contribution in [3.8, 4) is 0 Å². The molecule has 53 heavy (non-hydrogen) atoms. The van der Waals surface area contributed by atoms with E-state index in [2.05, 4.69) is 43.5 Å². The third kappa shape index (κ3) is 38.9. The minimum Gasteiger partial charge on any atom is -0.394 e. The molecule has 0 saturated heterocycles. The summed E-state index contributed by atoms with van der Waals surface area (Å²) >= 11 is 0. The third-order valence-corrected chi connectivity index (χ3v) is 11.1. The zero-order chi connectivity index (χ0) is 38.7. The third-order valence-electron chi connectivity index (χ3n) is 11.1. The molecule has 3 atom stereocenters. The van der Waals surface area contributed by atoms with Crippen LogP contribution in [0.3, 0.4) is 0 Å². The van der Waals surface area contributed by atoms with Gasteiger partial charge in [-0.25, -0.2) is 0 Å². The number of nitrogens with one attached hydrogen (secondary N) is 1. The van der Waals surface area contributed by atoms with E-state index in [0.717, 1.165) is 38.5 Å². The van der Waals surface area contributed by atoms with Crippen molar-refractivity contribution in [2.45, 2.75) is 270 Å². The highest BCUT2D eigenvalue weighted by Gasteiger charge is 2.23. The quantitative estimate of drug-likeness (QED) is 0.0369. The normalized spacial score (nSPS) is 13.7. The van der Waals surface area contributed by atoms with Gasteiger partial charge in [0.1, 0.15) is 6.10 Å². The van der Waals surface area contributed by atoms with E-state index in [4.69, 9.17) is 0 Å². The van der Waals surface area contributed by atoms with Gasteiger partial charge in [-0.1, -0.05) is 231 Å². The molecule has 0 aromatic heterocycles. The van der Waals surface area contributed by atoms with Crippen molar-refractivity contribution in [2.24, 2.45) is 0 Å². The molecule has 5 nitrogen and oxygen atoms in total. The zero-order valence-electron chi connectivity index (χ0n) is 35.7. The summed E-state index contributed by atoms with van der Waals surface area (Å²) in [7, 11) is 0. The van der Waals surface area contributed by atoms with Gasteiger partial charge in [0, 0.05) is 0 Å². The van der Waals surface area contributed by atoms with Crippen molar-refractivity contribution in [1.82, 2.24) is 5.32 Å². The predicted octanol–water partition coefficient (Wildman–Crippen LogP) is 13.8. The van der Waals surface area contributed by atoms with E-state index in [-0.39, 0.29) is 6.61 Å². The lowest BCUT2D eigenvalue weighted by Gasteiger charge is -2.23. The Morgan fingerprint density at radius 3 is 1.13 bits per heavy atom. The highest BCUT2D eigenvalue weighted by Crippen LogP contribution is 2.16. The molecule has 0 heterocycles. The maximum Gasteiger partial charge on any atom is 0.249 e. The zero-order valence-corrected chi connectivity index (χ0v) is 35.7. The fourth-order valence-corrected chi connectivity index (χ4v) is 7.34. The molecule has 3 unspecified atom stereocenters. The van der Waals surface area contributed by atoms with E-state index < -0.39 is 24.2 Å². The molecule has 0 aliphatic carbocycles. The van der Waals surface area contributed by atoms with Gasteiger partial charge >= 0.3 is 0 Å². The van der Waals surface area contributed by atoms with Gasteiger partial charge in [0.15, 0.2) is 0 Å². The molecule has 0 spiro atoms. The number of amides is 1. The maximum absolute atomic E-state index is 12.5. The lowest BCUT2D eigenvalue weighted by Crippen LogP contribution is -2.49. The Balaban J connectivity index is 3.60. The second-order valence-electron chi connectivity index (χ2n) is 16.3. The van der Waals surface area contributed by atoms with Crippen molar-refractivity contribution in [3.05, 3.63) is 24.3 Å². The number of aliphatic hydroxyl groups is 3. The molecule has 0 rings (SSSR count). The predicted molar refractivity (Wildman–Crippen MR) is 231 cm³/mol. The minimum absolute atomic E-state index is 0.314. The largest absolute Gasteiger partial charge is 0.394 e. The molecular formula is C48H93NO4. The van der Waals surface area contributed by atoms with Crippen LogP contribution in [0.1, 0.15) is 251 Å². The van der Waals surface area contributed by atoms with Gasteiger partial charge in [-0.3, -0.25) is 4.79 Å². The van der Waals surface area contributed by atoms with Gasteiger partial charge in [0.2, 0.25) is 5.91 Å². The van der Waals surface area contributed by atoms with E-state index in [1.165, 1.54) is 186 Å². The molecule has 0 aromatic rings. The van der Waals surface area contributed by atoms with Crippen molar-refractivity contribution < 1.29 is 20.1 Å². The Labute approximate surface area is 331 Å². The van der Waals surface area contributed by atoms with Gasteiger partial charge in [-0.05, 0) is 44.9 Å². The van der Waals surface area contributed by atoms with Crippen molar-refractivity contribution in [2.75, 3.05) is 6.61 Å². The number of unbranched alkanes of at least 4 members (excludes halogenated alkanes) is 31. The number of rotatable bonds is 43. The van der Waals surface area contributed by atoms with Gasteiger partial charge in [-0.15, -0.1) is 0 Å². The van der Waals surface area contributed by atoms with Crippen LogP contribution in [-0.2, 0) is 4.79 Å². The summed E-state index contributed by atoms with van der Waals surface area (Å²) in [5, 5.41) is 33.4. The van der Waals surface area contributed by atoms with Crippen LogP contribution in [0.5, 0.6) is 0 Å². The van der Waals surface area contributed by atoms with Gasteiger partial charge in [-0.2, -0.15) is 0 Å². The first-order chi connectivity index (χ1) is 26.1. The molecule has 4 N–H and O–H groups in total. The van der Waals surface area contributed by atoms with Crippen LogP contribution >= 0.6 is 0 Å². The highest BCUT2D eigenvalue weighted by atomic mass is 16.3. The number of allylic oxidation sites excluding steroid dienone is 4. The molecule has 5 heteroatoms. The van der Waals surface area contributed by atoms with E-state index in [1.807, 2.05) is 0 Å². The molecule has 1 amide bonds. The molecule has 0 saturated carbocycles. The molecule has 0 aliphatic heterocycles. The first-order valence-corrected chi connectivity index (χ1v) is 23.6. The smallest absolute Gasteiger partial charge is 0.249 e. The molecule has 0 aromatic carbocycles. The monoisotopic (exact) mass is 748 g/mol. The molecule has 0 bridgehead atoms. The lowest BCUT2D eigenvalue weighted by atomic mass is 10.0. The number of carbonyl (C=O) groups is 1. The SMILES string of the molecule is CCCCCCCCCCC/C=C\C/C=C\CCCCCCCCCCC(O)C(=O)NC(CO)C(O)CCCCCCCCCCCCCCCCC. The van der Waals surface area contributed by atoms with Crippen LogP contribution in [0.25, 0.3) is 0 Å². The Hall–Kier alpha value is -1.17. The Morgan fingerprint density at radius 2 is 0.774 bits per heavy atom. The van der Waals surface area contributed by atoms with Crippen LogP contribution in [0.2, 0.25) is 0 Å². The standard InChI is InChI=1S/C48H93NO4/c1-3-5-7-9-11-13-15-17-19-20-21-22-23-24-25-26-27-29-31-33-35-37-39-41-43-47(52)48(53)49-45(44-50)46(51)42-40-38-36-34-32-30-28-18-16-14-12-10-8-6-4-2/h21-22,24-25,45-47,50-52H,3-20,23,26-44H2,1-2H3,(H,49,53)/b22-21-,25-24-. The fourth-order valence-electron chi connectivity index (χ4n) is 7.34. The topological polar surface area (TPSA) is 89.8 Å². The van der Waals surface area contributed by atoms with Crippen LogP contribution in [-0.4, -0.2) is 46.1 Å². The average molecular weight is 748 g/mol. The summed E-state index contributed by atoms with van der Waals surface area (Å²) in [6.07, 6.45) is 53.3. The Bertz CT molecular complexity index is 784. The van der Waals surface area contributed by atoms with E-state index in [1.54, 1.807) is 0 Å². The van der Waals surface area contributed by atoms with Crippen LogP contribution in [0.15, 0.2) is 24.3 Å². The molecular weight excluding hydrogens is 655 g/mol. The second kappa shape index (κ2) is 43.6. The molecule has 0 aliphatic rings. The van der Waals surface area contributed by atoms with E-state index in [9.17, 15) is 20.1 Å². The minimum atomic E-state index is -1.08.